The predicted molar refractivity (Wildman–Crippen MR) is 90.5 cm³/mol. The first-order valence-electron chi connectivity index (χ1n) is 9.07. The SMILES string of the molecule is O=C(CCSc1nnc(C2CCCCC2)o1)NC1CCCCC1. The van der Waals surface area contributed by atoms with Gasteiger partial charge in [-0.05, 0) is 25.7 Å². The molecule has 1 aromatic heterocycles. The number of aromatic nitrogens is 2. The lowest BCUT2D eigenvalue weighted by Crippen LogP contribution is -2.36. The summed E-state index contributed by atoms with van der Waals surface area (Å²) in [6, 6.07) is 0.391. The van der Waals surface area contributed by atoms with Crippen molar-refractivity contribution in [3.05, 3.63) is 5.89 Å². The molecule has 0 unspecified atom stereocenters. The van der Waals surface area contributed by atoms with Gasteiger partial charge in [0.2, 0.25) is 11.8 Å². The number of carbonyl (C=O) groups is 1. The van der Waals surface area contributed by atoms with Crippen LogP contribution >= 0.6 is 11.8 Å². The van der Waals surface area contributed by atoms with Crippen LogP contribution in [0.2, 0.25) is 0 Å². The molecule has 1 N–H and O–H groups in total. The number of hydrogen-bond donors (Lipinski definition) is 1. The zero-order chi connectivity index (χ0) is 15.9. The van der Waals surface area contributed by atoms with Gasteiger partial charge in [-0.15, -0.1) is 10.2 Å². The van der Waals surface area contributed by atoms with E-state index in [1.807, 2.05) is 0 Å². The van der Waals surface area contributed by atoms with Crippen LogP contribution < -0.4 is 5.32 Å². The third kappa shape index (κ3) is 5.23. The molecule has 1 amide bonds. The van der Waals surface area contributed by atoms with Crippen LogP contribution in [0.4, 0.5) is 0 Å². The molecule has 2 aliphatic rings. The molecular formula is C17H27N3O2S. The topological polar surface area (TPSA) is 68.0 Å². The Balaban J connectivity index is 1.36. The van der Waals surface area contributed by atoms with Crippen LogP contribution in [0.1, 0.15) is 82.4 Å². The normalized spacial score (nSPS) is 20.5. The maximum atomic E-state index is 12.0. The van der Waals surface area contributed by atoms with E-state index in [1.165, 1.54) is 50.3 Å². The molecule has 0 atom stereocenters. The first-order valence-corrected chi connectivity index (χ1v) is 10.1. The minimum absolute atomic E-state index is 0.149. The van der Waals surface area contributed by atoms with E-state index < -0.39 is 0 Å². The van der Waals surface area contributed by atoms with Crippen molar-refractivity contribution in [2.45, 2.75) is 87.8 Å². The van der Waals surface area contributed by atoms with E-state index in [9.17, 15) is 4.79 Å². The highest BCUT2D eigenvalue weighted by Crippen LogP contribution is 2.32. The number of nitrogens with zero attached hydrogens (tertiary/aromatic N) is 2. The quantitative estimate of drug-likeness (QED) is 0.793. The second-order valence-corrected chi connectivity index (χ2v) is 7.79. The fraction of sp³-hybridized carbons (Fsp3) is 0.824. The average Bonchev–Trinajstić information content (AvgIpc) is 3.05. The Labute approximate surface area is 142 Å². The van der Waals surface area contributed by atoms with Crippen molar-refractivity contribution >= 4 is 17.7 Å². The molecule has 23 heavy (non-hydrogen) atoms. The molecule has 2 aliphatic carbocycles. The summed E-state index contributed by atoms with van der Waals surface area (Å²) < 4.78 is 5.76. The molecule has 0 aliphatic heterocycles. The van der Waals surface area contributed by atoms with Crippen molar-refractivity contribution in [2.24, 2.45) is 0 Å². The fourth-order valence-corrected chi connectivity index (χ4v) is 4.28. The minimum Gasteiger partial charge on any atom is -0.416 e. The van der Waals surface area contributed by atoms with Gasteiger partial charge in [0, 0.05) is 24.1 Å². The average molecular weight is 337 g/mol. The van der Waals surface area contributed by atoms with Gasteiger partial charge in [0.05, 0.1) is 0 Å². The zero-order valence-electron chi connectivity index (χ0n) is 13.8. The number of amides is 1. The Hall–Kier alpha value is -1.04. The van der Waals surface area contributed by atoms with E-state index in [0.717, 1.165) is 31.6 Å². The molecule has 2 fully saturated rings. The van der Waals surface area contributed by atoms with Crippen molar-refractivity contribution in [3.8, 4) is 0 Å². The standard InChI is InChI=1S/C17H27N3O2S/c21-15(18-14-9-5-2-6-10-14)11-12-23-17-20-19-16(22-17)13-7-3-1-4-8-13/h13-14H,1-12H2,(H,18,21). The Bertz CT molecular complexity index is 494. The van der Waals surface area contributed by atoms with E-state index in [2.05, 4.69) is 15.5 Å². The highest BCUT2D eigenvalue weighted by molar-refractivity contribution is 7.99. The van der Waals surface area contributed by atoms with Crippen molar-refractivity contribution < 1.29 is 9.21 Å². The Morgan fingerprint density at radius 3 is 2.48 bits per heavy atom. The van der Waals surface area contributed by atoms with E-state index in [-0.39, 0.29) is 5.91 Å². The van der Waals surface area contributed by atoms with Crippen LogP contribution in [0.15, 0.2) is 9.64 Å². The van der Waals surface area contributed by atoms with Crippen LogP contribution in [-0.4, -0.2) is 27.9 Å². The Kier molecular flexibility index (Phi) is 6.37. The van der Waals surface area contributed by atoms with Gasteiger partial charge in [0.1, 0.15) is 0 Å². The van der Waals surface area contributed by atoms with Gasteiger partial charge in [0.25, 0.3) is 5.22 Å². The van der Waals surface area contributed by atoms with Gasteiger partial charge >= 0.3 is 0 Å². The van der Waals surface area contributed by atoms with Crippen molar-refractivity contribution in [1.82, 2.24) is 15.5 Å². The van der Waals surface area contributed by atoms with Crippen LogP contribution in [-0.2, 0) is 4.79 Å². The second-order valence-electron chi connectivity index (χ2n) is 6.74. The molecule has 2 saturated carbocycles. The molecule has 1 aromatic rings. The molecule has 0 spiro atoms. The monoisotopic (exact) mass is 337 g/mol. The summed E-state index contributed by atoms with van der Waals surface area (Å²) >= 11 is 1.49. The Morgan fingerprint density at radius 2 is 1.74 bits per heavy atom. The Morgan fingerprint density at radius 1 is 1.04 bits per heavy atom. The molecular weight excluding hydrogens is 310 g/mol. The highest BCUT2D eigenvalue weighted by atomic mass is 32.2. The minimum atomic E-state index is 0.149. The number of nitrogens with one attached hydrogen (secondary N) is 1. The second kappa shape index (κ2) is 8.71. The van der Waals surface area contributed by atoms with Crippen LogP contribution in [0, 0.1) is 0 Å². The van der Waals surface area contributed by atoms with Crippen LogP contribution in [0.3, 0.4) is 0 Å². The molecule has 6 heteroatoms. The zero-order valence-corrected chi connectivity index (χ0v) is 14.6. The molecule has 1 heterocycles. The smallest absolute Gasteiger partial charge is 0.276 e. The van der Waals surface area contributed by atoms with Gasteiger partial charge in [-0.25, -0.2) is 0 Å². The third-order valence-corrected chi connectivity index (χ3v) is 5.72. The largest absolute Gasteiger partial charge is 0.416 e. The lowest BCUT2D eigenvalue weighted by Gasteiger charge is -2.22. The van der Waals surface area contributed by atoms with Gasteiger partial charge in [-0.3, -0.25) is 4.79 Å². The van der Waals surface area contributed by atoms with Gasteiger partial charge in [-0.2, -0.15) is 0 Å². The van der Waals surface area contributed by atoms with Crippen LogP contribution in [0.5, 0.6) is 0 Å². The van der Waals surface area contributed by atoms with E-state index >= 15 is 0 Å². The summed E-state index contributed by atoms with van der Waals surface area (Å²) in [4.78, 5) is 12.0. The lowest BCUT2D eigenvalue weighted by molar-refractivity contribution is -0.121. The van der Waals surface area contributed by atoms with Crippen molar-refractivity contribution in [2.75, 3.05) is 5.75 Å². The number of hydrogen-bond acceptors (Lipinski definition) is 5. The fourth-order valence-electron chi connectivity index (χ4n) is 3.57. The van der Waals surface area contributed by atoms with Gasteiger partial charge < -0.3 is 9.73 Å². The molecule has 3 rings (SSSR count). The van der Waals surface area contributed by atoms with Gasteiger partial charge in [0.15, 0.2) is 0 Å². The maximum absolute atomic E-state index is 12.0. The first kappa shape index (κ1) is 16.8. The summed E-state index contributed by atoms with van der Waals surface area (Å²) in [5.74, 6) is 2.08. The van der Waals surface area contributed by atoms with Crippen molar-refractivity contribution in [3.63, 3.8) is 0 Å². The van der Waals surface area contributed by atoms with E-state index in [0.29, 0.717) is 29.4 Å². The van der Waals surface area contributed by atoms with E-state index in [1.54, 1.807) is 0 Å². The molecule has 128 valence electrons. The number of carbonyl (C=O) groups excluding carboxylic acids is 1. The lowest BCUT2D eigenvalue weighted by atomic mass is 9.89. The van der Waals surface area contributed by atoms with Gasteiger partial charge in [-0.1, -0.05) is 50.3 Å². The summed E-state index contributed by atoms with van der Waals surface area (Å²) in [6.07, 6.45) is 12.7. The molecule has 0 bridgehead atoms. The van der Waals surface area contributed by atoms with Crippen LogP contribution in [0.25, 0.3) is 0 Å². The predicted octanol–water partition coefficient (Wildman–Crippen LogP) is 4.05. The highest BCUT2D eigenvalue weighted by Gasteiger charge is 2.21. The van der Waals surface area contributed by atoms with E-state index in [4.69, 9.17) is 4.42 Å². The summed E-state index contributed by atoms with van der Waals surface area (Å²) in [5, 5.41) is 12.1. The molecule has 0 aromatic carbocycles. The first-order chi connectivity index (χ1) is 11.3. The number of rotatable bonds is 6. The molecule has 5 nitrogen and oxygen atoms in total. The molecule has 0 radical (unpaired) electrons. The summed E-state index contributed by atoms with van der Waals surface area (Å²) in [7, 11) is 0. The van der Waals surface area contributed by atoms with Crippen molar-refractivity contribution in [1.29, 1.82) is 0 Å². The number of thioether (sulfide) groups is 1. The molecule has 0 saturated heterocycles. The maximum Gasteiger partial charge on any atom is 0.276 e. The third-order valence-electron chi connectivity index (χ3n) is 4.90. The summed E-state index contributed by atoms with van der Waals surface area (Å²) in [5.41, 5.74) is 0. The summed E-state index contributed by atoms with van der Waals surface area (Å²) in [6.45, 7) is 0.